The minimum absolute atomic E-state index is 0. The summed E-state index contributed by atoms with van der Waals surface area (Å²) < 4.78 is 38.0. The van der Waals surface area contributed by atoms with Gasteiger partial charge in [-0.15, -0.1) is 12.4 Å². The number of carbonyl (C=O) groups excluding carboxylic acids is 1. The Hall–Kier alpha value is -2.07. The summed E-state index contributed by atoms with van der Waals surface area (Å²) in [7, 11) is 0. The van der Waals surface area contributed by atoms with Crippen LogP contribution in [0.2, 0.25) is 0 Å². The average Bonchev–Trinajstić information content (AvgIpc) is 2.61. The second kappa shape index (κ2) is 11.1. The molecule has 1 atom stereocenters. The molecule has 0 aromatic heterocycles. The van der Waals surface area contributed by atoms with Gasteiger partial charge in [0.1, 0.15) is 5.69 Å². The van der Waals surface area contributed by atoms with E-state index in [9.17, 15) is 28.1 Å². The Labute approximate surface area is 167 Å². The maximum Gasteiger partial charge on any atom is 0.416 e. The van der Waals surface area contributed by atoms with Crippen molar-refractivity contribution in [3.05, 3.63) is 33.9 Å². The summed E-state index contributed by atoms with van der Waals surface area (Å²) in [4.78, 5) is 22.0. The van der Waals surface area contributed by atoms with E-state index < -0.39 is 22.4 Å². The zero-order valence-corrected chi connectivity index (χ0v) is 16.0. The number of nitrogens with zero attached hydrogens (tertiary/aromatic N) is 1. The second-order valence-electron chi connectivity index (χ2n) is 6.51. The average molecular weight is 425 g/mol. The van der Waals surface area contributed by atoms with E-state index in [0.29, 0.717) is 18.5 Å². The minimum atomic E-state index is -4.66. The van der Waals surface area contributed by atoms with Gasteiger partial charge in [0.15, 0.2) is 0 Å². The summed E-state index contributed by atoms with van der Waals surface area (Å²) in [5, 5.41) is 19.8. The highest BCUT2D eigenvalue weighted by atomic mass is 35.5. The van der Waals surface area contributed by atoms with Crippen molar-refractivity contribution < 1.29 is 22.9 Å². The Morgan fingerprint density at radius 2 is 2.07 bits per heavy atom. The molecule has 1 unspecified atom stereocenters. The highest BCUT2D eigenvalue weighted by Crippen LogP contribution is 2.34. The molecule has 1 aromatic rings. The molecule has 0 spiro atoms. The summed E-state index contributed by atoms with van der Waals surface area (Å²) >= 11 is 0. The number of nitro groups is 1. The van der Waals surface area contributed by atoms with Crippen molar-refractivity contribution in [3.63, 3.8) is 0 Å². The molecule has 0 radical (unpaired) electrons. The number of rotatable bonds is 8. The van der Waals surface area contributed by atoms with Crippen molar-refractivity contribution >= 4 is 29.7 Å². The molecular weight excluding hydrogens is 401 g/mol. The summed E-state index contributed by atoms with van der Waals surface area (Å²) in [5.74, 6) is 0.341. The SMILES string of the molecule is Cl.O=C(CCNc1ccc(C(F)(F)F)cc1[N+](=O)[O-])NCCC1CCCNC1. The van der Waals surface area contributed by atoms with Gasteiger partial charge in [-0.05, 0) is 50.4 Å². The number of carbonyl (C=O) groups is 1. The molecule has 1 amide bonds. The van der Waals surface area contributed by atoms with Gasteiger partial charge in [-0.2, -0.15) is 13.2 Å². The van der Waals surface area contributed by atoms with Crippen molar-refractivity contribution in [2.45, 2.75) is 31.9 Å². The molecule has 2 rings (SSSR count). The fraction of sp³-hybridized carbons (Fsp3) is 0.588. The molecule has 0 saturated carbocycles. The zero-order chi connectivity index (χ0) is 19.9. The third kappa shape index (κ3) is 7.51. The Morgan fingerprint density at radius 3 is 2.68 bits per heavy atom. The summed E-state index contributed by atoms with van der Waals surface area (Å²) in [6.07, 6.45) is -1.43. The topological polar surface area (TPSA) is 96.3 Å². The van der Waals surface area contributed by atoms with E-state index in [-0.39, 0.29) is 37.0 Å². The fourth-order valence-corrected chi connectivity index (χ4v) is 2.99. The Bertz CT molecular complexity index is 668. The van der Waals surface area contributed by atoms with Crippen LogP contribution in [0.4, 0.5) is 24.5 Å². The van der Waals surface area contributed by atoms with Crippen LogP contribution in [0.25, 0.3) is 0 Å². The molecule has 1 aromatic carbocycles. The van der Waals surface area contributed by atoms with Crippen LogP contribution in [0.3, 0.4) is 0 Å². The van der Waals surface area contributed by atoms with E-state index in [1.165, 1.54) is 0 Å². The number of halogens is 4. The normalized spacial score (nSPS) is 16.8. The highest BCUT2D eigenvalue weighted by molar-refractivity contribution is 5.85. The van der Waals surface area contributed by atoms with E-state index in [1.807, 2.05) is 0 Å². The standard InChI is InChI=1S/C17H23F3N4O3.ClH/c18-17(19,20)13-3-4-14(15(10-13)24(26)27)22-9-6-16(25)23-8-5-12-2-1-7-21-11-12;/h3-4,10,12,21-22H,1-2,5-9,11H2,(H,23,25);1H. The largest absolute Gasteiger partial charge is 0.416 e. The minimum Gasteiger partial charge on any atom is -0.379 e. The molecule has 1 fully saturated rings. The third-order valence-corrected chi connectivity index (χ3v) is 4.46. The number of benzene rings is 1. The first-order valence-electron chi connectivity index (χ1n) is 8.84. The Kier molecular flexibility index (Phi) is 9.47. The highest BCUT2D eigenvalue weighted by Gasteiger charge is 2.33. The molecule has 0 aliphatic carbocycles. The van der Waals surface area contributed by atoms with Crippen molar-refractivity contribution in [2.24, 2.45) is 5.92 Å². The number of nitrogens with one attached hydrogen (secondary N) is 3. The Balaban J connectivity index is 0.00000392. The van der Waals surface area contributed by atoms with Crippen LogP contribution in [0.15, 0.2) is 18.2 Å². The van der Waals surface area contributed by atoms with Gasteiger partial charge in [0.2, 0.25) is 5.91 Å². The zero-order valence-electron chi connectivity index (χ0n) is 15.2. The first kappa shape index (κ1) is 24.0. The van der Waals surface area contributed by atoms with Crippen molar-refractivity contribution in [1.29, 1.82) is 0 Å². The van der Waals surface area contributed by atoms with Crippen LogP contribution in [0.1, 0.15) is 31.2 Å². The number of nitro benzene ring substituents is 1. The van der Waals surface area contributed by atoms with E-state index >= 15 is 0 Å². The molecule has 7 nitrogen and oxygen atoms in total. The molecule has 1 aliphatic heterocycles. The predicted octanol–water partition coefficient (Wildman–Crippen LogP) is 3.34. The lowest BCUT2D eigenvalue weighted by Gasteiger charge is -2.22. The van der Waals surface area contributed by atoms with Crippen molar-refractivity contribution in [3.8, 4) is 0 Å². The molecule has 1 aliphatic rings. The van der Waals surface area contributed by atoms with Crippen LogP contribution < -0.4 is 16.0 Å². The summed E-state index contributed by atoms with van der Waals surface area (Å²) in [5.41, 5.74) is -1.81. The molecule has 11 heteroatoms. The number of amides is 1. The Morgan fingerprint density at radius 1 is 1.32 bits per heavy atom. The maximum absolute atomic E-state index is 12.7. The van der Waals surface area contributed by atoms with Crippen LogP contribution >= 0.6 is 12.4 Å². The number of piperidine rings is 1. The maximum atomic E-state index is 12.7. The van der Waals surface area contributed by atoms with Crippen LogP contribution in [-0.2, 0) is 11.0 Å². The smallest absolute Gasteiger partial charge is 0.379 e. The second-order valence-corrected chi connectivity index (χ2v) is 6.51. The van der Waals surface area contributed by atoms with Gasteiger partial charge in [0.05, 0.1) is 10.5 Å². The number of hydrogen-bond acceptors (Lipinski definition) is 5. The fourth-order valence-electron chi connectivity index (χ4n) is 2.99. The van der Waals surface area contributed by atoms with E-state index in [2.05, 4.69) is 16.0 Å². The molecule has 3 N–H and O–H groups in total. The lowest BCUT2D eigenvalue weighted by molar-refractivity contribution is -0.384. The van der Waals surface area contributed by atoms with E-state index in [1.54, 1.807) is 0 Å². The lowest BCUT2D eigenvalue weighted by atomic mass is 9.96. The quantitative estimate of drug-likeness (QED) is 0.439. The molecular formula is C17H24ClF3N4O3. The number of hydrogen-bond donors (Lipinski definition) is 3. The van der Waals surface area contributed by atoms with Gasteiger partial charge in [-0.1, -0.05) is 0 Å². The molecule has 1 heterocycles. The van der Waals surface area contributed by atoms with E-state index in [0.717, 1.165) is 44.5 Å². The number of anilines is 1. The predicted molar refractivity (Wildman–Crippen MR) is 102 cm³/mol. The van der Waals surface area contributed by atoms with Gasteiger partial charge in [0.25, 0.3) is 5.69 Å². The van der Waals surface area contributed by atoms with Gasteiger partial charge in [0, 0.05) is 25.6 Å². The summed E-state index contributed by atoms with van der Waals surface area (Å²) in [6, 6.07) is 2.27. The molecule has 158 valence electrons. The van der Waals surface area contributed by atoms with Gasteiger partial charge >= 0.3 is 6.18 Å². The van der Waals surface area contributed by atoms with Gasteiger partial charge in [-0.3, -0.25) is 14.9 Å². The van der Waals surface area contributed by atoms with Crippen molar-refractivity contribution in [1.82, 2.24) is 10.6 Å². The van der Waals surface area contributed by atoms with Crippen LogP contribution in [0.5, 0.6) is 0 Å². The van der Waals surface area contributed by atoms with Gasteiger partial charge in [-0.25, -0.2) is 0 Å². The van der Waals surface area contributed by atoms with Gasteiger partial charge < -0.3 is 16.0 Å². The summed E-state index contributed by atoms with van der Waals surface area (Å²) in [6.45, 7) is 2.63. The lowest BCUT2D eigenvalue weighted by Crippen LogP contribution is -2.33. The van der Waals surface area contributed by atoms with Crippen LogP contribution in [-0.4, -0.2) is 37.0 Å². The number of alkyl halides is 3. The van der Waals surface area contributed by atoms with Crippen molar-refractivity contribution in [2.75, 3.05) is 31.5 Å². The van der Waals surface area contributed by atoms with Crippen LogP contribution in [0, 0.1) is 16.0 Å². The molecule has 28 heavy (non-hydrogen) atoms. The van der Waals surface area contributed by atoms with E-state index in [4.69, 9.17) is 0 Å². The first-order valence-corrected chi connectivity index (χ1v) is 8.84. The monoisotopic (exact) mass is 424 g/mol. The third-order valence-electron chi connectivity index (χ3n) is 4.46. The molecule has 0 bridgehead atoms. The first-order chi connectivity index (χ1) is 12.8. The molecule has 1 saturated heterocycles.